The van der Waals surface area contributed by atoms with Crippen molar-refractivity contribution < 1.29 is 7.25 Å². The molecule has 0 nitrogen and oxygen atoms in total. The monoisotopic (exact) mass is 348 g/mol. The molecule has 0 bridgehead atoms. The zero-order chi connectivity index (χ0) is 5.98. The first-order chi connectivity index (χ1) is 3.84. The molecule has 0 aromatic rings. The van der Waals surface area contributed by atoms with Crippen molar-refractivity contribution in [3.05, 3.63) is 0 Å². The van der Waals surface area contributed by atoms with Crippen LogP contribution in [0, 0.1) is 0 Å². The van der Waals surface area contributed by atoms with Gasteiger partial charge in [-0.3, -0.25) is 0 Å². The van der Waals surface area contributed by atoms with Gasteiger partial charge in [-0.2, -0.15) is 0 Å². The summed E-state index contributed by atoms with van der Waals surface area (Å²) in [5.41, 5.74) is 0. The van der Waals surface area contributed by atoms with Crippen molar-refractivity contribution in [1.29, 1.82) is 0 Å². The average Bonchev–Trinajstić information content (AvgIpc) is 1.79. The Kier molecular flexibility index (Phi) is 3.23. The van der Waals surface area contributed by atoms with Crippen molar-refractivity contribution in [3.8, 4) is 0 Å². The van der Waals surface area contributed by atoms with E-state index in [9.17, 15) is 7.25 Å². The average molecular weight is 348 g/mol. The van der Waals surface area contributed by atoms with Crippen LogP contribution in [0.3, 0.4) is 0 Å². The molecule has 0 saturated carbocycles. The molecule has 0 aromatic carbocycles. The van der Waals surface area contributed by atoms with E-state index in [1.54, 1.807) is 0 Å². The van der Waals surface area contributed by atoms with Crippen molar-refractivity contribution in [2.45, 2.75) is 0 Å². The molecule has 0 radical (unpaired) electrons. The van der Waals surface area contributed by atoms with Crippen molar-refractivity contribution >= 4 is 32.3 Å². The summed E-state index contributed by atoms with van der Waals surface area (Å²) >= 11 is -2.97. The third-order valence-corrected chi connectivity index (χ3v) is 25.5. The Morgan fingerprint density at radius 1 is 1.38 bits per heavy atom. The minimum absolute atomic E-state index is 0.247. The molecule has 0 aliphatic carbocycles. The summed E-state index contributed by atoms with van der Waals surface area (Å²) in [6, 6.07) is 0. The second-order valence-corrected chi connectivity index (χ2v) is 22.0. The van der Waals surface area contributed by atoms with Gasteiger partial charge in [0.25, 0.3) is 0 Å². The molecular weight excluding hydrogens is 340 g/mol. The fourth-order valence-electron chi connectivity index (χ4n) is 0.476. The standard InChI is InChI=1S/C4H8F2I2/c5-1-2-7-3-4-8(7)6/h1-4H2. The Bertz CT molecular complexity index is 78.4. The summed E-state index contributed by atoms with van der Waals surface area (Å²) in [5, 5.41) is 0. The van der Waals surface area contributed by atoms with Gasteiger partial charge in [-0.25, -0.2) is 0 Å². The first-order valence-electron chi connectivity index (χ1n) is 2.35. The molecule has 4 heteroatoms. The van der Waals surface area contributed by atoms with Gasteiger partial charge in [-0.05, 0) is 0 Å². The molecule has 1 aliphatic heterocycles. The van der Waals surface area contributed by atoms with E-state index >= 15 is 0 Å². The van der Waals surface area contributed by atoms with Gasteiger partial charge in [0, 0.05) is 0 Å². The van der Waals surface area contributed by atoms with E-state index in [0.717, 1.165) is 8.86 Å². The first kappa shape index (κ1) is 7.43. The SMILES string of the molecule is FCCI1CCI1F. The Labute approximate surface area is 59.0 Å². The van der Waals surface area contributed by atoms with E-state index < -0.39 is 32.3 Å². The van der Waals surface area contributed by atoms with E-state index in [4.69, 9.17) is 0 Å². The van der Waals surface area contributed by atoms with Crippen LogP contribution in [0.4, 0.5) is 7.25 Å². The summed E-state index contributed by atoms with van der Waals surface area (Å²) in [5.74, 6) is 0. The van der Waals surface area contributed by atoms with E-state index in [-0.39, 0.29) is 6.67 Å². The molecule has 0 amide bonds. The predicted octanol–water partition coefficient (Wildman–Crippen LogP) is 2.78. The van der Waals surface area contributed by atoms with Crippen molar-refractivity contribution in [2.24, 2.45) is 0 Å². The summed E-state index contributed by atoms with van der Waals surface area (Å²) in [4.78, 5) is 0. The van der Waals surface area contributed by atoms with E-state index in [1.165, 1.54) is 0 Å². The third kappa shape index (κ3) is 1.65. The molecule has 0 spiro atoms. The second-order valence-electron chi connectivity index (χ2n) is 1.40. The van der Waals surface area contributed by atoms with Crippen LogP contribution in [0.15, 0.2) is 0 Å². The Hall–Kier alpha value is 1.32. The van der Waals surface area contributed by atoms with Gasteiger partial charge in [0.15, 0.2) is 0 Å². The number of hydrogen-bond donors (Lipinski definition) is 0. The Balaban J connectivity index is 2.08. The molecular formula is C4H8F2I2. The maximum atomic E-state index is 12.4. The van der Waals surface area contributed by atoms with Gasteiger partial charge in [0.1, 0.15) is 0 Å². The van der Waals surface area contributed by atoms with Gasteiger partial charge in [-0.15, -0.1) is 0 Å². The normalized spacial score (nSPS) is 27.8. The zero-order valence-electron chi connectivity index (χ0n) is 4.34. The minimum atomic E-state index is -1.83. The van der Waals surface area contributed by atoms with Gasteiger partial charge in [0.2, 0.25) is 0 Å². The van der Waals surface area contributed by atoms with E-state index in [0.29, 0.717) is 4.43 Å². The molecule has 0 atom stereocenters. The van der Waals surface area contributed by atoms with Gasteiger partial charge in [0.05, 0.1) is 0 Å². The quantitative estimate of drug-likeness (QED) is 0.532. The zero-order valence-corrected chi connectivity index (χ0v) is 8.66. The second kappa shape index (κ2) is 3.48. The molecule has 1 heterocycles. The van der Waals surface area contributed by atoms with E-state index in [1.807, 2.05) is 0 Å². The molecule has 1 aliphatic rings. The van der Waals surface area contributed by atoms with Crippen LogP contribution in [-0.4, -0.2) is 20.0 Å². The van der Waals surface area contributed by atoms with Crippen LogP contribution < -0.4 is 0 Å². The number of hydrogen-bond acceptors (Lipinski definition) is 0. The van der Waals surface area contributed by atoms with Crippen LogP contribution in [-0.2, 0) is 0 Å². The van der Waals surface area contributed by atoms with Gasteiger partial charge < -0.3 is 0 Å². The van der Waals surface area contributed by atoms with Gasteiger partial charge in [-0.1, -0.05) is 0 Å². The summed E-state index contributed by atoms with van der Waals surface area (Å²) < 4.78 is 26.6. The Morgan fingerprint density at radius 3 is 2.25 bits per heavy atom. The Morgan fingerprint density at radius 2 is 2.12 bits per heavy atom. The number of rotatable bonds is 2. The summed E-state index contributed by atoms with van der Waals surface area (Å²) in [6.07, 6.45) is 0. The van der Waals surface area contributed by atoms with Crippen LogP contribution in [0.2, 0.25) is 0 Å². The molecule has 1 rings (SSSR count). The number of alkyl halides is 4. The maximum absolute atomic E-state index is 12.4. The summed E-state index contributed by atoms with van der Waals surface area (Å²) in [7, 11) is 0. The van der Waals surface area contributed by atoms with Crippen LogP contribution in [0.25, 0.3) is 0 Å². The molecule has 0 unspecified atom stereocenters. The van der Waals surface area contributed by atoms with Crippen molar-refractivity contribution in [3.63, 3.8) is 0 Å². The van der Waals surface area contributed by atoms with Gasteiger partial charge >= 0.3 is 59.5 Å². The molecule has 52 valence electrons. The molecule has 0 aromatic heterocycles. The summed E-state index contributed by atoms with van der Waals surface area (Å²) in [6.45, 7) is -0.247. The molecule has 1 saturated heterocycles. The van der Waals surface area contributed by atoms with Crippen LogP contribution >= 0.6 is 32.3 Å². The third-order valence-electron chi connectivity index (χ3n) is 0.915. The van der Waals surface area contributed by atoms with E-state index in [2.05, 4.69) is 0 Å². The predicted molar refractivity (Wildman–Crippen MR) is 49.7 cm³/mol. The molecule has 8 heavy (non-hydrogen) atoms. The van der Waals surface area contributed by atoms with Crippen LogP contribution in [0.1, 0.15) is 0 Å². The fraction of sp³-hybridized carbons (Fsp3) is 1.00. The first-order valence-corrected chi connectivity index (χ1v) is 14.0. The van der Waals surface area contributed by atoms with Crippen LogP contribution in [0.5, 0.6) is 0 Å². The number of halogens is 4. The van der Waals surface area contributed by atoms with Crippen molar-refractivity contribution in [2.75, 3.05) is 20.0 Å². The molecule has 1 fully saturated rings. The molecule has 0 N–H and O–H groups in total. The topological polar surface area (TPSA) is 0 Å². The van der Waals surface area contributed by atoms with Crippen molar-refractivity contribution in [1.82, 2.24) is 0 Å². The fourth-order valence-corrected chi connectivity index (χ4v) is 15.9.